The van der Waals surface area contributed by atoms with E-state index in [1.807, 2.05) is 6.07 Å². The van der Waals surface area contributed by atoms with Crippen LogP contribution < -0.4 is 0 Å². The number of fused-ring (bicyclic) bond motifs is 1. The van der Waals surface area contributed by atoms with Gasteiger partial charge in [0.25, 0.3) is 0 Å². The Morgan fingerprint density at radius 3 is 2.59 bits per heavy atom. The van der Waals surface area contributed by atoms with E-state index in [0.29, 0.717) is 11.3 Å². The number of aromatic nitrogens is 3. The van der Waals surface area contributed by atoms with Crippen LogP contribution in [0.4, 0.5) is 4.39 Å². The molecule has 0 saturated heterocycles. The van der Waals surface area contributed by atoms with Crippen LogP contribution in [-0.2, 0) is 0 Å². The first-order valence-corrected chi connectivity index (χ1v) is 5.38. The Balaban J connectivity index is 2.28. The first-order valence-electron chi connectivity index (χ1n) is 5.00. The van der Waals surface area contributed by atoms with Gasteiger partial charge in [-0.05, 0) is 41.9 Å². The van der Waals surface area contributed by atoms with Crippen LogP contribution in [0.5, 0.6) is 0 Å². The molecule has 0 radical (unpaired) electrons. The summed E-state index contributed by atoms with van der Waals surface area (Å²) in [5.74, 6) is -0.279. The van der Waals surface area contributed by atoms with E-state index < -0.39 is 0 Å². The van der Waals surface area contributed by atoms with E-state index in [1.165, 1.54) is 12.1 Å². The lowest BCUT2D eigenvalue weighted by atomic mass is 10.1. The average molecular weight is 248 g/mol. The van der Waals surface area contributed by atoms with Gasteiger partial charge in [0.15, 0.2) is 0 Å². The van der Waals surface area contributed by atoms with Crippen LogP contribution in [0.1, 0.15) is 0 Å². The highest BCUT2D eigenvalue weighted by Crippen LogP contribution is 2.26. The minimum absolute atomic E-state index is 0.166. The number of aromatic amines is 1. The standard InChI is InChI=1S/C12H7ClFN3/c13-12-16-10(7-1-3-8(14)4-2-7)9-5-6-15-11(9)17-12/h1-6H,(H,15,16,17). The minimum Gasteiger partial charge on any atom is -0.346 e. The topological polar surface area (TPSA) is 41.6 Å². The maximum Gasteiger partial charge on any atom is 0.224 e. The van der Waals surface area contributed by atoms with E-state index >= 15 is 0 Å². The van der Waals surface area contributed by atoms with E-state index in [1.54, 1.807) is 18.3 Å². The highest BCUT2D eigenvalue weighted by Gasteiger charge is 2.09. The average Bonchev–Trinajstić information content (AvgIpc) is 2.77. The van der Waals surface area contributed by atoms with Gasteiger partial charge in [-0.25, -0.2) is 9.37 Å². The zero-order valence-corrected chi connectivity index (χ0v) is 9.37. The summed E-state index contributed by atoms with van der Waals surface area (Å²) >= 11 is 5.85. The maximum absolute atomic E-state index is 12.9. The third-order valence-electron chi connectivity index (χ3n) is 2.51. The molecule has 0 spiro atoms. The number of rotatable bonds is 1. The molecule has 0 aliphatic heterocycles. The molecule has 0 aliphatic rings. The fraction of sp³-hybridized carbons (Fsp3) is 0. The fourth-order valence-corrected chi connectivity index (χ4v) is 1.91. The minimum atomic E-state index is -0.279. The monoisotopic (exact) mass is 247 g/mol. The molecule has 0 unspecified atom stereocenters. The van der Waals surface area contributed by atoms with Gasteiger partial charge < -0.3 is 4.98 Å². The van der Waals surface area contributed by atoms with Crippen LogP contribution in [-0.4, -0.2) is 15.0 Å². The summed E-state index contributed by atoms with van der Waals surface area (Å²) in [6.45, 7) is 0. The molecule has 1 aromatic carbocycles. The zero-order valence-electron chi connectivity index (χ0n) is 8.61. The molecule has 1 N–H and O–H groups in total. The fourth-order valence-electron chi connectivity index (χ4n) is 1.74. The van der Waals surface area contributed by atoms with Crippen molar-refractivity contribution in [1.29, 1.82) is 0 Å². The first-order chi connectivity index (χ1) is 8.24. The van der Waals surface area contributed by atoms with Crippen molar-refractivity contribution in [2.24, 2.45) is 0 Å². The van der Waals surface area contributed by atoms with E-state index in [4.69, 9.17) is 11.6 Å². The Bertz CT molecular complexity index is 676. The van der Waals surface area contributed by atoms with Crippen LogP contribution in [0, 0.1) is 5.82 Å². The van der Waals surface area contributed by atoms with Crippen molar-refractivity contribution in [2.75, 3.05) is 0 Å². The molecule has 3 nitrogen and oxygen atoms in total. The second-order valence-electron chi connectivity index (χ2n) is 3.59. The Morgan fingerprint density at radius 1 is 1.06 bits per heavy atom. The highest BCUT2D eigenvalue weighted by molar-refractivity contribution is 6.28. The largest absolute Gasteiger partial charge is 0.346 e. The molecule has 0 saturated carbocycles. The van der Waals surface area contributed by atoms with Gasteiger partial charge in [-0.1, -0.05) is 0 Å². The Labute approximate surface area is 101 Å². The van der Waals surface area contributed by atoms with Gasteiger partial charge >= 0.3 is 0 Å². The Kier molecular flexibility index (Phi) is 2.30. The maximum atomic E-state index is 12.9. The predicted octanol–water partition coefficient (Wildman–Crippen LogP) is 3.42. The van der Waals surface area contributed by atoms with Gasteiger partial charge in [0.1, 0.15) is 11.5 Å². The predicted molar refractivity (Wildman–Crippen MR) is 64.3 cm³/mol. The number of H-pyrrole nitrogens is 1. The van der Waals surface area contributed by atoms with Crippen molar-refractivity contribution >= 4 is 22.6 Å². The summed E-state index contributed by atoms with van der Waals surface area (Å²) in [6, 6.07) is 7.99. The molecule has 0 fully saturated rings. The summed E-state index contributed by atoms with van der Waals surface area (Å²) in [5, 5.41) is 1.03. The third-order valence-corrected chi connectivity index (χ3v) is 2.68. The number of nitrogens with zero attached hydrogens (tertiary/aromatic N) is 2. The Hall–Kier alpha value is -1.94. The lowest BCUT2D eigenvalue weighted by molar-refractivity contribution is 0.628. The number of hydrogen-bond acceptors (Lipinski definition) is 2. The van der Waals surface area contributed by atoms with Crippen molar-refractivity contribution in [3.63, 3.8) is 0 Å². The third kappa shape index (κ3) is 1.76. The van der Waals surface area contributed by atoms with E-state index in [0.717, 1.165) is 10.9 Å². The molecule has 3 rings (SSSR count). The lowest BCUT2D eigenvalue weighted by Crippen LogP contribution is -1.89. The van der Waals surface area contributed by atoms with Gasteiger partial charge in [-0.3, -0.25) is 0 Å². The van der Waals surface area contributed by atoms with Crippen LogP contribution >= 0.6 is 11.6 Å². The number of nitrogens with one attached hydrogen (secondary N) is 1. The van der Waals surface area contributed by atoms with Gasteiger partial charge in [0.2, 0.25) is 5.28 Å². The molecule has 2 aromatic heterocycles. The van der Waals surface area contributed by atoms with E-state index in [-0.39, 0.29) is 11.1 Å². The van der Waals surface area contributed by atoms with Gasteiger partial charge in [-0.2, -0.15) is 4.98 Å². The second kappa shape index (κ2) is 3.82. The number of benzene rings is 1. The highest BCUT2D eigenvalue weighted by atomic mass is 35.5. The second-order valence-corrected chi connectivity index (χ2v) is 3.93. The SMILES string of the molecule is Fc1ccc(-c2nc(Cl)nc3[nH]ccc23)cc1. The van der Waals surface area contributed by atoms with Gasteiger partial charge in [-0.15, -0.1) is 0 Å². The van der Waals surface area contributed by atoms with Crippen molar-refractivity contribution in [2.45, 2.75) is 0 Å². The van der Waals surface area contributed by atoms with Crippen molar-refractivity contribution in [1.82, 2.24) is 15.0 Å². The first kappa shape index (κ1) is 10.2. The van der Waals surface area contributed by atoms with Crippen LogP contribution in [0.25, 0.3) is 22.3 Å². The molecule has 17 heavy (non-hydrogen) atoms. The molecule has 0 bridgehead atoms. The molecule has 0 atom stereocenters. The summed E-state index contributed by atoms with van der Waals surface area (Å²) in [5.41, 5.74) is 2.17. The summed E-state index contributed by atoms with van der Waals surface area (Å²) < 4.78 is 12.9. The summed E-state index contributed by atoms with van der Waals surface area (Å²) in [7, 11) is 0. The quantitative estimate of drug-likeness (QED) is 0.670. The molecule has 0 amide bonds. The van der Waals surface area contributed by atoms with Crippen LogP contribution in [0.3, 0.4) is 0 Å². The number of halogens is 2. The van der Waals surface area contributed by atoms with Crippen molar-refractivity contribution in [3.05, 3.63) is 47.6 Å². The van der Waals surface area contributed by atoms with Crippen LogP contribution in [0.2, 0.25) is 5.28 Å². The number of hydrogen-bond donors (Lipinski definition) is 1. The normalized spacial score (nSPS) is 10.9. The molecule has 84 valence electrons. The van der Waals surface area contributed by atoms with E-state index in [9.17, 15) is 4.39 Å². The molecular weight excluding hydrogens is 241 g/mol. The molecule has 0 aliphatic carbocycles. The summed E-state index contributed by atoms with van der Waals surface area (Å²) in [6.07, 6.45) is 1.77. The van der Waals surface area contributed by atoms with E-state index in [2.05, 4.69) is 15.0 Å². The molecule has 3 aromatic rings. The zero-order chi connectivity index (χ0) is 11.8. The summed E-state index contributed by atoms with van der Waals surface area (Å²) in [4.78, 5) is 11.2. The molecule has 2 heterocycles. The molecular formula is C12H7ClFN3. The van der Waals surface area contributed by atoms with Crippen molar-refractivity contribution in [3.8, 4) is 11.3 Å². The van der Waals surface area contributed by atoms with Gasteiger partial charge in [0, 0.05) is 17.1 Å². The molecule has 5 heteroatoms. The van der Waals surface area contributed by atoms with Crippen molar-refractivity contribution < 1.29 is 4.39 Å². The van der Waals surface area contributed by atoms with Crippen LogP contribution in [0.15, 0.2) is 36.5 Å². The smallest absolute Gasteiger partial charge is 0.224 e. The lowest BCUT2D eigenvalue weighted by Gasteiger charge is -2.03. The Morgan fingerprint density at radius 2 is 1.82 bits per heavy atom. The van der Waals surface area contributed by atoms with Gasteiger partial charge in [0.05, 0.1) is 5.69 Å².